The van der Waals surface area contributed by atoms with Crippen LogP contribution in [0.25, 0.3) is 0 Å². The van der Waals surface area contributed by atoms with Crippen molar-refractivity contribution in [2.24, 2.45) is 5.73 Å². The molecule has 4 N–H and O–H groups in total. The summed E-state index contributed by atoms with van der Waals surface area (Å²) in [6.07, 6.45) is 3.71. The Labute approximate surface area is 128 Å². The highest BCUT2D eigenvalue weighted by molar-refractivity contribution is 5.27. The van der Waals surface area contributed by atoms with Gasteiger partial charge in [-0.15, -0.1) is 0 Å². The molecule has 0 spiro atoms. The molecule has 0 bridgehead atoms. The zero-order chi connectivity index (χ0) is 15.7. The summed E-state index contributed by atoms with van der Waals surface area (Å²) in [5, 5.41) is 12.7. The average Bonchev–Trinajstić information content (AvgIpc) is 2.53. The molecular weight excluding hydrogens is 264 g/mol. The summed E-state index contributed by atoms with van der Waals surface area (Å²) in [5.74, 6) is 0.882. The lowest BCUT2D eigenvalue weighted by atomic mass is 9.91. The Morgan fingerprint density at radius 2 is 2.00 bits per heavy atom. The molecular formula is C17H30N2O2. The fraction of sp³-hybridized carbons (Fsp3) is 0.647. The van der Waals surface area contributed by atoms with Gasteiger partial charge in [0.1, 0.15) is 5.75 Å². The fourth-order valence-corrected chi connectivity index (χ4v) is 2.47. The monoisotopic (exact) mass is 294 g/mol. The molecule has 0 amide bonds. The first kappa shape index (κ1) is 18.0. The number of aryl methyl sites for hydroxylation is 1. The van der Waals surface area contributed by atoms with Crippen LogP contribution in [-0.2, 0) is 6.42 Å². The van der Waals surface area contributed by atoms with Crippen LogP contribution < -0.4 is 15.8 Å². The Hall–Kier alpha value is -1.10. The third kappa shape index (κ3) is 6.04. The van der Waals surface area contributed by atoms with Crippen LogP contribution in [0.2, 0.25) is 0 Å². The van der Waals surface area contributed by atoms with Crippen molar-refractivity contribution in [2.45, 2.75) is 51.1 Å². The quantitative estimate of drug-likeness (QED) is 0.618. The molecule has 4 nitrogen and oxygen atoms in total. The Morgan fingerprint density at radius 3 is 2.48 bits per heavy atom. The molecule has 1 rings (SSSR count). The number of hydrogen-bond donors (Lipinski definition) is 3. The standard InChI is InChI=1S/C17H30N2O2/c1-4-15(10-12-20)19-17(2,13-18)11-9-14-5-7-16(21-3)8-6-14/h5-8,15,19-20H,4,9-13,18H2,1-3H3. The number of methoxy groups -OCH3 is 1. The maximum atomic E-state index is 9.11. The SMILES string of the molecule is CCC(CCO)NC(C)(CN)CCc1ccc(OC)cc1. The molecule has 0 radical (unpaired) electrons. The van der Waals surface area contributed by atoms with Gasteiger partial charge in [0, 0.05) is 24.7 Å². The normalized spacial score (nSPS) is 15.5. The number of ether oxygens (including phenoxy) is 1. The van der Waals surface area contributed by atoms with Crippen molar-refractivity contribution in [3.05, 3.63) is 29.8 Å². The van der Waals surface area contributed by atoms with Crippen molar-refractivity contribution in [3.8, 4) is 5.75 Å². The maximum absolute atomic E-state index is 9.11. The fourth-order valence-electron chi connectivity index (χ4n) is 2.47. The Morgan fingerprint density at radius 1 is 1.33 bits per heavy atom. The van der Waals surface area contributed by atoms with Gasteiger partial charge in [-0.3, -0.25) is 0 Å². The molecule has 0 saturated heterocycles. The van der Waals surface area contributed by atoms with Gasteiger partial charge < -0.3 is 20.9 Å². The smallest absolute Gasteiger partial charge is 0.118 e. The van der Waals surface area contributed by atoms with Gasteiger partial charge in [0.15, 0.2) is 0 Å². The first-order valence-corrected chi connectivity index (χ1v) is 7.78. The van der Waals surface area contributed by atoms with E-state index in [4.69, 9.17) is 15.6 Å². The number of rotatable bonds is 10. The van der Waals surface area contributed by atoms with E-state index in [0.717, 1.165) is 31.4 Å². The van der Waals surface area contributed by atoms with Crippen molar-refractivity contribution >= 4 is 0 Å². The van der Waals surface area contributed by atoms with E-state index in [1.165, 1.54) is 5.56 Å². The molecule has 1 aromatic carbocycles. The van der Waals surface area contributed by atoms with Crippen LogP contribution in [0.15, 0.2) is 24.3 Å². The second-order valence-electron chi connectivity index (χ2n) is 5.87. The van der Waals surface area contributed by atoms with Gasteiger partial charge in [-0.25, -0.2) is 0 Å². The van der Waals surface area contributed by atoms with Crippen molar-refractivity contribution in [3.63, 3.8) is 0 Å². The summed E-state index contributed by atoms with van der Waals surface area (Å²) in [4.78, 5) is 0. The molecule has 1 aromatic rings. The molecule has 0 aliphatic carbocycles. The second kappa shape index (κ2) is 9.03. The van der Waals surface area contributed by atoms with Gasteiger partial charge in [-0.2, -0.15) is 0 Å². The molecule has 0 heterocycles. The van der Waals surface area contributed by atoms with E-state index in [1.807, 2.05) is 12.1 Å². The number of benzene rings is 1. The minimum atomic E-state index is -0.101. The van der Waals surface area contributed by atoms with E-state index in [2.05, 4.69) is 31.3 Å². The maximum Gasteiger partial charge on any atom is 0.118 e. The molecule has 4 heteroatoms. The average molecular weight is 294 g/mol. The molecule has 0 saturated carbocycles. The van der Waals surface area contributed by atoms with Crippen LogP contribution in [0.1, 0.15) is 38.7 Å². The lowest BCUT2D eigenvalue weighted by Gasteiger charge is -2.34. The molecule has 2 unspecified atom stereocenters. The highest BCUT2D eigenvalue weighted by Gasteiger charge is 2.24. The van der Waals surface area contributed by atoms with Crippen molar-refractivity contribution in [1.29, 1.82) is 0 Å². The van der Waals surface area contributed by atoms with Gasteiger partial charge in [-0.05, 0) is 50.3 Å². The minimum Gasteiger partial charge on any atom is -0.497 e. The highest BCUT2D eigenvalue weighted by Crippen LogP contribution is 2.18. The predicted molar refractivity (Wildman–Crippen MR) is 87.7 cm³/mol. The van der Waals surface area contributed by atoms with Crippen LogP contribution in [0.4, 0.5) is 0 Å². The molecule has 21 heavy (non-hydrogen) atoms. The van der Waals surface area contributed by atoms with Gasteiger partial charge >= 0.3 is 0 Å². The molecule has 120 valence electrons. The van der Waals surface area contributed by atoms with Gasteiger partial charge in [0.05, 0.1) is 7.11 Å². The number of nitrogens with two attached hydrogens (primary N) is 1. The van der Waals surface area contributed by atoms with Crippen molar-refractivity contribution in [1.82, 2.24) is 5.32 Å². The summed E-state index contributed by atoms with van der Waals surface area (Å²) >= 11 is 0. The predicted octanol–water partition coefficient (Wildman–Crippen LogP) is 2.10. The Kier molecular flexibility index (Phi) is 7.72. The lowest BCUT2D eigenvalue weighted by molar-refractivity contribution is 0.228. The van der Waals surface area contributed by atoms with Crippen LogP contribution in [0.5, 0.6) is 5.75 Å². The van der Waals surface area contributed by atoms with E-state index in [0.29, 0.717) is 12.6 Å². The third-order valence-electron chi connectivity index (χ3n) is 4.10. The summed E-state index contributed by atoms with van der Waals surface area (Å²) in [6.45, 7) is 5.10. The summed E-state index contributed by atoms with van der Waals surface area (Å²) < 4.78 is 5.17. The third-order valence-corrected chi connectivity index (χ3v) is 4.10. The van der Waals surface area contributed by atoms with E-state index >= 15 is 0 Å². The number of aliphatic hydroxyl groups excluding tert-OH is 1. The van der Waals surface area contributed by atoms with Gasteiger partial charge in [0.2, 0.25) is 0 Å². The number of aliphatic hydroxyl groups is 1. The second-order valence-corrected chi connectivity index (χ2v) is 5.87. The van der Waals surface area contributed by atoms with Gasteiger partial charge in [0.25, 0.3) is 0 Å². The first-order chi connectivity index (χ1) is 10.1. The number of hydrogen-bond acceptors (Lipinski definition) is 4. The Balaban J connectivity index is 2.58. The summed E-state index contributed by atoms with van der Waals surface area (Å²) in [5.41, 5.74) is 7.15. The van der Waals surface area contributed by atoms with Crippen LogP contribution >= 0.6 is 0 Å². The highest BCUT2D eigenvalue weighted by atomic mass is 16.5. The van der Waals surface area contributed by atoms with Crippen LogP contribution in [0.3, 0.4) is 0 Å². The van der Waals surface area contributed by atoms with Crippen LogP contribution in [0, 0.1) is 0 Å². The van der Waals surface area contributed by atoms with E-state index in [1.54, 1.807) is 7.11 Å². The van der Waals surface area contributed by atoms with E-state index in [9.17, 15) is 0 Å². The summed E-state index contributed by atoms with van der Waals surface area (Å²) in [6, 6.07) is 8.49. The first-order valence-electron chi connectivity index (χ1n) is 7.78. The molecule has 0 aliphatic heterocycles. The summed E-state index contributed by atoms with van der Waals surface area (Å²) in [7, 11) is 1.68. The van der Waals surface area contributed by atoms with E-state index in [-0.39, 0.29) is 12.1 Å². The molecule has 0 aromatic heterocycles. The number of nitrogens with one attached hydrogen (secondary N) is 1. The van der Waals surface area contributed by atoms with Crippen molar-refractivity contribution < 1.29 is 9.84 Å². The topological polar surface area (TPSA) is 67.5 Å². The molecule has 0 fully saturated rings. The molecule has 2 atom stereocenters. The van der Waals surface area contributed by atoms with Crippen molar-refractivity contribution in [2.75, 3.05) is 20.3 Å². The van der Waals surface area contributed by atoms with E-state index < -0.39 is 0 Å². The largest absolute Gasteiger partial charge is 0.497 e. The minimum absolute atomic E-state index is 0.101. The van der Waals surface area contributed by atoms with Crippen LogP contribution in [-0.4, -0.2) is 36.9 Å². The lowest BCUT2D eigenvalue weighted by Crippen LogP contribution is -2.53. The molecule has 0 aliphatic rings. The Bertz CT molecular complexity index is 394. The van der Waals surface area contributed by atoms with Gasteiger partial charge in [-0.1, -0.05) is 19.1 Å². The zero-order valence-electron chi connectivity index (χ0n) is 13.6. The zero-order valence-corrected chi connectivity index (χ0v) is 13.6.